The van der Waals surface area contributed by atoms with Gasteiger partial charge in [0.1, 0.15) is 5.82 Å². The molecule has 3 rings (SSSR count). The van der Waals surface area contributed by atoms with Crippen LogP contribution in [0.1, 0.15) is 42.4 Å². The van der Waals surface area contributed by atoms with Gasteiger partial charge in [-0.15, -0.1) is 0 Å². The van der Waals surface area contributed by atoms with Crippen LogP contribution >= 0.6 is 23.2 Å². The van der Waals surface area contributed by atoms with Crippen molar-refractivity contribution in [2.24, 2.45) is 0 Å². The van der Waals surface area contributed by atoms with Crippen molar-refractivity contribution < 1.29 is 9.90 Å². The molecule has 0 aliphatic carbocycles. The number of aromatic nitrogens is 2. The molecule has 3 aromatic rings. The monoisotopic (exact) mass is 442 g/mol. The van der Waals surface area contributed by atoms with Gasteiger partial charge < -0.3 is 9.67 Å². The van der Waals surface area contributed by atoms with Gasteiger partial charge in [-0.1, -0.05) is 79.0 Å². The van der Waals surface area contributed by atoms with E-state index in [1.54, 1.807) is 18.3 Å². The number of hydrogen-bond donors (Lipinski definition) is 1. The number of rotatable bonds is 9. The number of carbonyl (C=O) groups is 1. The van der Waals surface area contributed by atoms with Gasteiger partial charge >= 0.3 is 5.97 Å². The fraction of sp³-hybridized carbons (Fsp3) is 0.250. The largest absolute Gasteiger partial charge is 0.478 e. The average molecular weight is 443 g/mol. The summed E-state index contributed by atoms with van der Waals surface area (Å²) in [5, 5.41) is 10.8. The molecule has 0 radical (unpaired) electrons. The van der Waals surface area contributed by atoms with Gasteiger partial charge in [0, 0.05) is 18.4 Å². The van der Waals surface area contributed by atoms with E-state index in [9.17, 15) is 9.90 Å². The summed E-state index contributed by atoms with van der Waals surface area (Å²) < 4.78 is 2.03. The fourth-order valence-corrected chi connectivity index (χ4v) is 3.66. The number of halogens is 2. The summed E-state index contributed by atoms with van der Waals surface area (Å²) in [5.74, 6) is -0.0360. The maximum absolute atomic E-state index is 11.9. The fourth-order valence-electron chi connectivity index (χ4n) is 3.28. The van der Waals surface area contributed by atoms with E-state index in [4.69, 9.17) is 23.2 Å². The van der Waals surface area contributed by atoms with Crippen molar-refractivity contribution in [2.45, 2.75) is 39.2 Å². The minimum Gasteiger partial charge on any atom is -0.478 e. The third-order valence-corrected chi connectivity index (χ3v) is 5.78. The second kappa shape index (κ2) is 10.5. The molecular weight excluding hydrogens is 419 g/mol. The molecule has 0 fully saturated rings. The Kier molecular flexibility index (Phi) is 7.72. The molecule has 1 N–H and O–H groups in total. The van der Waals surface area contributed by atoms with Crippen molar-refractivity contribution in [3.63, 3.8) is 0 Å². The standard InChI is InChI=1S/C24H24Cl2N2O2/c1-2-3-12-22-27-15-20(28(22)16-18-10-7-11-21(25)23(18)26)14-19(24(29)30)13-17-8-5-4-6-9-17/h4-11,14-15H,2-3,12-13,16H2,1H3,(H,29,30). The van der Waals surface area contributed by atoms with Gasteiger partial charge in [-0.05, 0) is 29.7 Å². The number of nitrogens with zero attached hydrogens (tertiary/aromatic N) is 2. The smallest absolute Gasteiger partial charge is 0.331 e. The molecule has 0 spiro atoms. The maximum Gasteiger partial charge on any atom is 0.331 e. The van der Waals surface area contributed by atoms with Crippen molar-refractivity contribution in [2.75, 3.05) is 0 Å². The second-order valence-electron chi connectivity index (χ2n) is 7.14. The lowest BCUT2D eigenvalue weighted by Crippen LogP contribution is -2.09. The number of aliphatic carboxylic acids is 1. The number of unbranched alkanes of at least 4 members (excludes halogenated alkanes) is 1. The Balaban J connectivity index is 2.00. The first-order chi connectivity index (χ1) is 14.5. The third-order valence-electron chi connectivity index (χ3n) is 4.92. The number of aryl methyl sites for hydroxylation is 1. The van der Waals surface area contributed by atoms with Gasteiger partial charge in [0.15, 0.2) is 0 Å². The van der Waals surface area contributed by atoms with E-state index in [-0.39, 0.29) is 0 Å². The Hall–Kier alpha value is -2.56. The normalized spacial score (nSPS) is 11.6. The molecule has 0 unspecified atom stereocenters. The molecule has 1 heterocycles. The van der Waals surface area contributed by atoms with Crippen LogP contribution < -0.4 is 0 Å². The minimum absolute atomic E-state index is 0.307. The molecule has 0 bridgehead atoms. The van der Waals surface area contributed by atoms with Crippen LogP contribution in [0.15, 0.2) is 60.3 Å². The topological polar surface area (TPSA) is 55.1 Å². The summed E-state index contributed by atoms with van der Waals surface area (Å²) >= 11 is 12.6. The minimum atomic E-state index is -0.942. The van der Waals surface area contributed by atoms with Crippen molar-refractivity contribution in [1.82, 2.24) is 9.55 Å². The molecule has 1 aromatic heterocycles. The molecule has 0 atom stereocenters. The quantitative estimate of drug-likeness (QED) is 0.396. The Morgan fingerprint density at radius 3 is 2.60 bits per heavy atom. The third kappa shape index (κ3) is 5.53. The highest BCUT2D eigenvalue weighted by Gasteiger charge is 2.15. The number of carboxylic acid groups (broad SMARTS) is 1. The van der Waals surface area contributed by atoms with Gasteiger partial charge in [-0.25, -0.2) is 9.78 Å². The molecule has 156 valence electrons. The summed E-state index contributed by atoms with van der Waals surface area (Å²) in [7, 11) is 0. The summed E-state index contributed by atoms with van der Waals surface area (Å²) in [5.41, 5.74) is 2.86. The number of benzene rings is 2. The predicted octanol–water partition coefficient (Wildman–Crippen LogP) is 6.29. The molecule has 0 amide bonds. The zero-order valence-electron chi connectivity index (χ0n) is 16.8. The Labute approximate surface area is 186 Å². The lowest BCUT2D eigenvalue weighted by atomic mass is 10.0. The average Bonchev–Trinajstić information content (AvgIpc) is 3.11. The summed E-state index contributed by atoms with van der Waals surface area (Å²) in [6, 6.07) is 15.1. The van der Waals surface area contributed by atoms with Crippen molar-refractivity contribution in [1.29, 1.82) is 0 Å². The highest BCUT2D eigenvalue weighted by molar-refractivity contribution is 6.42. The maximum atomic E-state index is 11.9. The van der Waals surface area contributed by atoms with Gasteiger partial charge in [0.25, 0.3) is 0 Å². The first-order valence-electron chi connectivity index (χ1n) is 9.94. The number of hydrogen-bond acceptors (Lipinski definition) is 2. The number of carboxylic acids is 1. The van der Waals surface area contributed by atoms with Crippen LogP contribution in [0.5, 0.6) is 0 Å². The molecule has 2 aromatic carbocycles. The van der Waals surface area contributed by atoms with E-state index in [1.807, 2.05) is 47.0 Å². The van der Waals surface area contributed by atoms with E-state index in [0.717, 1.165) is 41.9 Å². The van der Waals surface area contributed by atoms with Crippen molar-refractivity contribution in [3.8, 4) is 0 Å². The van der Waals surface area contributed by atoms with Crippen molar-refractivity contribution in [3.05, 3.63) is 93.0 Å². The molecule has 30 heavy (non-hydrogen) atoms. The number of imidazole rings is 1. The highest BCUT2D eigenvalue weighted by Crippen LogP contribution is 2.27. The highest BCUT2D eigenvalue weighted by atomic mass is 35.5. The molecule has 0 saturated carbocycles. The summed E-state index contributed by atoms with van der Waals surface area (Å²) in [6.07, 6.45) is 6.63. The first kappa shape index (κ1) is 22.1. The first-order valence-corrected chi connectivity index (χ1v) is 10.7. The molecule has 6 heteroatoms. The SMILES string of the molecule is CCCCc1ncc(C=C(Cc2ccccc2)C(=O)O)n1Cc1cccc(Cl)c1Cl. The molecular formula is C24H24Cl2N2O2. The molecule has 0 aliphatic heterocycles. The second-order valence-corrected chi connectivity index (χ2v) is 7.92. The van der Waals surface area contributed by atoms with Crippen molar-refractivity contribution >= 4 is 35.2 Å². The van der Waals surface area contributed by atoms with E-state index in [0.29, 0.717) is 28.6 Å². The van der Waals surface area contributed by atoms with Gasteiger partial charge in [-0.2, -0.15) is 0 Å². The van der Waals surface area contributed by atoms with Gasteiger partial charge in [-0.3, -0.25) is 0 Å². The lowest BCUT2D eigenvalue weighted by Gasteiger charge is -2.13. The van der Waals surface area contributed by atoms with E-state index in [1.165, 1.54) is 0 Å². The van der Waals surface area contributed by atoms with Gasteiger partial charge in [0.2, 0.25) is 0 Å². The lowest BCUT2D eigenvalue weighted by molar-refractivity contribution is -0.132. The van der Waals surface area contributed by atoms with E-state index >= 15 is 0 Å². The van der Waals surface area contributed by atoms with Crippen LogP contribution in [-0.2, 0) is 24.2 Å². The Bertz CT molecular complexity index is 1040. The zero-order chi connectivity index (χ0) is 21.5. The van der Waals surface area contributed by atoms with Crippen LogP contribution in [-0.4, -0.2) is 20.6 Å². The van der Waals surface area contributed by atoms with Crippen LogP contribution in [0, 0.1) is 0 Å². The summed E-state index contributed by atoms with van der Waals surface area (Å²) in [4.78, 5) is 16.5. The van der Waals surface area contributed by atoms with Crippen LogP contribution in [0.25, 0.3) is 6.08 Å². The van der Waals surface area contributed by atoms with Crippen LogP contribution in [0.3, 0.4) is 0 Å². The zero-order valence-corrected chi connectivity index (χ0v) is 18.3. The molecule has 0 aliphatic rings. The van der Waals surface area contributed by atoms with E-state index < -0.39 is 5.97 Å². The predicted molar refractivity (Wildman–Crippen MR) is 122 cm³/mol. The molecule has 4 nitrogen and oxygen atoms in total. The Morgan fingerprint density at radius 2 is 1.90 bits per heavy atom. The molecule has 0 saturated heterocycles. The summed E-state index contributed by atoms with van der Waals surface area (Å²) in [6.45, 7) is 2.60. The van der Waals surface area contributed by atoms with Crippen LogP contribution in [0.4, 0.5) is 0 Å². The van der Waals surface area contributed by atoms with Gasteiger partial charge in [0.05, 0.1) is 28.5 Å². The Morgan fingerprint density at radius 1 is 1.13 bits per heavy atom. The van der Waals surface area contributed by atoms with Crippen LogP contribution in [0.2, 0.25) is 10.0 Å². The van der Waals surface area contributed by atoms with E-state index in [2.05, 4.69) is 11.9 Å².